The Hall–Kier alpha value is -2.48. The van der Waals surface area contributed by atoms with E-state index in [0.29, 0.717) is 28.0 Å². The lowest BCUT2D eigenvalue weighted by molar-refractivity contribution is 0.0854. The highest BCUT2D eigenvalue weighted by Crippen LogP contribution is 2.33. The summed E-state index contributed by atoms with van der Waals surface area (Å²) in [6, 6.07) is 11.5. The number of benzene rings is 2. The molecule has 156 valence electrons. The molecule has 0 saturated carbocycles. The van der Waals surface area contributed by atoms with Crippen molar-refractivity contribution in [2.75, 3.05) is 13.2 Å². The van der Waals surface area contributed by atoms with Crippen molar-refractivity contribution in [1.29, 1.82) is 0 Å². The van der Waals surface area contributed by atoms with Crippen LogP contribution < -0.4 is 10.1 Å². The molecule has 4 rings (SSSR count). The highest BCUT2D eigenvalue weighted by Gasteiger charge is 2.18. The molecule has 1 N–H and O–H groups in total. The summed E-state index contributed by atoms with van der Waals surface area (Å²) in [5.41, 5.74) is 1.81. The van der Waals surface area contributed by atoms with Crippen LogP contribution in [0.1, 0.15) is 28.9 Å². The fraction of sp³-hybridized carbons (Fsp3) is 0.273. The normalized spacial score (nSPS) is 15.9. The van der Waals surface area contributed by atoms with E-state index in [1.165, 1.54) is 23.5 Å². The van der Waals surface area contributed by atoms with E-state index in [9.17, 15) is 9.18 Å². The molecule has 3 aromatic rings. The van der Waals surface area contributed by atoms with Gasteiger partial charge >= 0.3 is 0 Å². The van der Waals surface area contributed by atoms with Gasteiger partial charge in [-0.3, -0.25) is 4.79 Å². The Morgan fingerprint density at radius 2 is 2.23 bits per heavy atom. The fourth-order valence-corrected chi connectivity index (χ4v) is 4.31. The number of nitrogens with one attached hydrogen (secondary N) is 1. The molecule has 8 heteroatoms. The highest BCUT2D eigenvalue weighted by atomic mass is 35.5. The lowest BCUT2D eigenvalue weighted by Crippen LogP contribution is -2.31. The van der Waals surface area contributed by atoms with Crippen LogP contribution in [0, 0.1) is 5.82 Å². The minimum atomic E-state index is -0.302. The summed E-state index contributed by atoms with van der Waals surface area (Å²) in [5, 5.41) is 5.70. The number of amides is 1. The molecule has 30 heavy (non-hydrogen) atoms. The van der Waals surface area contributed by atoms with Gasteiger partial charge in [0.25, 0.3) is 5.91 Å². The Balaban J connectivity index is 1.38. The SMILES string of the molecule is O=C(NC[C@@H]1CCCO1)c1csc(-c2ccc(OCc3cccc(F)c3)cc2Cl)n1. The van der Waals surface area contributed by atoms with Gasteiger partial charge < -0.3 is 14.8 Å². The summed E-state index contributed by atoms with van der Waals surface area (Å²) in [4.78, 5) is 16.7. The maximum absolute atomic E-state index is 13.3. The number of hydrogen-bond donors (Lipinski definition) is 1. The summed E-state index contributed by atoms with van der Waals surface area (Å²) < 4.78 is 24.5. The number of aromatic nitrogens is 1. The number of halogens is 2. The summed E-state index contributed by atoms with van der Waals surface area (Å²) >= 11 is 7.77. The average Bonchev–Trinajstić information content (AvgIpc) is 3.43. The van der Waals surface area contributed by atoms with Gasteiger partial charge in [0.1, 0.15) is 28.9 Å². The average molecular weight is 447 g/mol. The Bertz CT molecular complexity index is 1040. The van der Waals surface area contributed by atoms with E-state index in [0.717, 1.165) is 30.6 Å². The number of nitrogens with zero attached hydrogens (tertiary/aromatic N) is 1. The van der Waals surface area contributed by atoms with E-state index in [2.05, 4.69) is 10.3 Å². The van der Waals surface area contributed by atoms with Crippen molar-refractivity contribution in [3.63, 3.8) is 0 Å². The summed E-state index contributed by atoms with van der Waals surface area (Å²) in [6.45, 7) is 1.48. The highest BCUT2D eigenvalue weighted by molar-refractivity contribution is 7.13. The predicted octanol–water partition coefficient (Wildman–Crippen LogP) is 5.09. The minimum absolute atomic E-state index is 0.0847. The molecule has 0 aliphatic carbocycles. The van der Waals surface area contributed by atoms with Gasteiger partial charge in [-0.2, -0.15) is 0 Å². The van der Waals surface area contributed by atoms with E-state index in [4.69, 9.17) is 21.1 Å². The largest absolute Gasteiger partial charge is 0.489 e. The van der Waals surface area contributed by atoms with Gasteiger partial charge in [0.2, 0.25) is 0 Å². The number of rotatable bonds is 7. The molecule has 5 nitrogen and oxygen atoms in total. The van der Waals surface area contributed by atoms with E-state index < -0.39 is 0 Å². The van der Waals surface area contributed by atoms with Gasteiger partial charge in [-0.1, -0.05) is 23.7 Å². The van der Waals surface area contributed by atoms with Crippen LogP contribution in [0.25, 0.3) is 10.6 Å². The van der Waals surface area contributed by atoms with Crippen molar-refractivity contribution in [1.82, 2.24) is 10.3 Å². The molecule has 2 aromatic carbocycles. The van der Waals surface area contributed by atoms with Crippen LogP contribution in [0.3, 0.4) is 0 Å². The molecule has 1 fully saturated rings. The first-order chi connectivity index (χ1) is 14.6. The molecule has 2 heterocycles. The zero-order valence-corrected chi connectivity index (χ0v) is 17.6. The third kappa shape index (κ3) is 5.16. The maximum Gasteiger partial charge on any atom is 0.270 e. The molecule has 0 spiro atoms. The van der Waals surface area contributed by atoms with Crippen LogP contribution in [-0.2, 0) is 11.3 Å². The quantitative estimate of drug-likeness (QED) is 0.549. The molecular formula is C22H20ClFN2O3S. The Kier molecular flexibility index (Phi) is 6.62. The second-order valence-corrected chi connectivity index (χ2v) is 8.21. The van der Waals surface area contributed by atoms with Gasteiger partial charge in [0.05, 0.1) is 11.1 Å². The number of carbonyl (C=O) groups is 1. The van der Waals surface area contributed by atoms with Gasteiger partial charge in [-0.05, 0) is 48.7 Å². The molecule has 1 atom stereocenters. The summed E-state index contributed by atoms with van der Waals surface area (Å²) in [7, 11) is 0. The Morgan fingerprint density at radius 1 is 1.33 bits per heavy atom. The standard InChI is InChI=1S/C22H20ClFN2O3S/c23-19-10-16(29-12-14-3-1-4-15(24)9-14)6-7-18(19)22-26-20(13-30-22)21(27)25-11-17-5-2-8-28-17/h1,3-4,6-7,9-10,13,17H,2,5,8,11-12H2,(H,25,27)/t17-/m0/s1. The van der Waals surface area contributed by atoms with Crippen molar-refractivity contribution in [3.8, 4) is 16.3 Å². The lowest BCUT2D eigenvalue weighted by Gasteiger charge is -2.09. The summed E-state index contributed by atoms with van der Waals surface area (Å²) in [6.07, 6.45) is 2.08. The van der Waals surface area contributed by atoms with Crippen LogP contribution in [0.4, 0.5) is 4.39 Å². The third-order valence-electron chi connectivity index (χ3n) is 4.72. The van der Waals surface area contributed by atoms with Crippen molar-refractivity contribution in [2.45, 2.75) is 25.6 Å². The molecule has 0 radical (unpaired) electrons. The third-order valence-corrected chi connectivity index (χ3v) is 5.90. The van der Waals surface area contributed by atoms with Gasteiger partial charge in [-0.15, -0.1) is 11.3 Å². The van der Waals surface area contributed by atoms with E-state index in [-0.39, 0.29) is 24.4 Å². The second kappa shape index (κ2) is 9.55. The van der Waals surface area contributed by atoms with Crippen LogP contribution in [0.2, 0.25) is 5.02 Å². The fourth-order valence-electron chi connectivity index (χ4n) is 3.16. The van der Waals surface area contributed by atoms with Crippen molar-refractivity contribution < 1.29 is 18.7 Å². The molecule has 1 saturated heterocycles. The predicted molar refractivity (Wildman–Crippen MR) is 115 cm³/mol. The number of thiazole rings is 1. The molecular weight excluding hydrogens is 427 g/mol. The first kappa shape index (κ1) is 20.8. The van der Waals surface area contributed by atoms with E-state index in [1.54, 1.807) is 35.7 Å². The zero-order chi connectivity index (χ0) is 20.9. The molecule has 1 aliphatic heterocycles. The van der Waals surface area contributed by atoms with Crippen LogP contribution in [0.5, 0.6) is 5.75 Å². The molecule has 0 unspecified atom stereocenters. The van der Waals surface area contributed by atoms with Crippen molar-refractivity contribution >= 4 is 28.8 Å². The number of ether oxygens (including phenoxy) is 2. The Labute approximate surface area is 182 Å². The summed E-state index contributed by atoms with van der Waals surface area (Å²) in [5.74, 6) is 0.0436. The van der Waals surface area contributed by atoms with E-state index >= 15 is 0 Å². The second-order valence-electron chi connectivity index (χ2n) is 6.94. The van der Waals surface area contributed by atoms with Crippen LogP contribution in [0.15, 0.2) is 47.8 Å². The minimum Gasteiger partial charge on any atom is -0.489 e. The maximum atomic E-state index is 13.3. The van der Waals surface area contributed by atoms with E-state index in [1.807, 2.05) is 0 Å². The first-order valence-corrected chi connectivity index (χ1v) is 10.9. The van der Waals surface area contributed by atoms with Gasteiger partial charge in [-0.25, -0.2) is 9.37 Å². The van der Waals surface area contributed by atoms with Crippen molar-refractivity contribution in [2.24, 2.45) is 0 Å². The number of hydrogen-bond acceptors (Lipinski definition) is 5. The lowest BCUT2D eigenvalue weighted by atomic mass is 10.2. The molecule has 1 amide bonds. The monoisotopic (exact) mass is 446 g/mol. The van der Waals surface area contributed by atoms with Crippen LogP contribution in [-0.4, -0.2) is 30.1 Å². The van der Waals surface area contributed by atoms with Crippen LogP contribution >= 0.6 is 22.9 Å². The topological polar surface area (TPSA) is 60.5 Å². The zero-order valence-electron chi connectivity index (χ0n) is 16.1. The van der Waals surface area contributed by atoms with Gasteiger partial charge in [0, 0.05) is 24.1 Å². The Morgan fingerprint density at radius 3 is 3.00 bits per heavy atom. The number of carbonyl (C=O) groups excluding carboxylic acids is 1. The van der Waals surface area contributed by atoms with Crippen molar-refractivity contribution in [3.05, 3.63) is 69.9 Å². The molecule has 1 aliphatic rings. The molecule has 1 aromatic heterocycles. The molecule has 0 bridgehead atoms. The smallest absolute Gasteiger partial charge is 0.270 e. The van der Waals surface area contributed by atoms with Gasteiger partial charge in [0.15, 0.2) is 0 Å². The first-order valence-electron chi connectivity index (χ1n) is 9.61.